The van der Waals surface area contributed by atoms with E-state index in [0.29, 0.717) is 25.7 Å². The first-order valence-corrected chi connectivity index (χ1v) is 9.16. The van der Waals surface area contributed by atoms with Gasteiger partial charge in [-0.05, 0) is 32.6 Å². The first-order chi connectivity index (χ1) is 12.1. The summed E-state index contributed by atoms with van der Waals surface area (Å²) in [7, 11) is 0. The summed E-state index contributed by atoms with van der Waals surface area (Å²) in [6.07, 6.45) is -0.394. The number of ketones is 1. The van der Waals surface area contributed by atoms with Crippen LogP contribution in [0.2, 0.25) is 0 Å². The number of carbonyl (C=O) groups is 2. The average molecular weight is 384 g/mol. The number of aliphatic hydroxyl groups excluding tert-OH is 1. The van der Waals surface area contributed by atoms with Crippen LogP contribution in [0.4, 0.5) is 13.2 Å². The molecule has 0 saturated carbocycles. The van der Waals surface area contributed by atoms with Gasteiger partial charge in [0.2, 0.25) is 0 Å². The smallest absolute Gasteiger partial charge is 0.391 e. The average Bonchev–Trinajstić information content (AvgIpc) is 2.51. The standard InChI is InChI=1S/C18H31F3O5/c1-14(22)15(7-4-2-3-5-10-17(24)25)8-6-9-16(23)13-26-12-11-18(19,20)21/h15-16,23H,2-13H2,1H3,(H,24,25). The molecule has 0 amide bonds. The second-order valence-corrected chi connectivity index (χ2v) is 6.68. The van der Waals surface area contributed by atoms with Crippen molar-refractivity contribution in [2.24, 2.45) is 5.92 Å². The molecule has 0 saturated heterocycles. The number of carbonyl (C=O) groups excluding carboxylic acids is 1. The second-order valence-electron chi connectivity index (χ2n) is 6.68. The molecule has 0 fully saturated rings. The molecule has 0 radical (unpaired) electrons. The number of hydrogen-bond acceptors (Lipinski definition) is 4. The summed E-state index contributed by atoms with van der Waals surface area (Å²) in [5.74, 6) is -0.799. The number of ether oxygens (including phenoxy) is 1. The number of alkyl halides is 3. The SMILES string of the molecule is CC(=O)C(CCCCCCC(=O)O)CCCC(O)COCCC(F)(F)F. The third-order valence-electron chi connectivity index (χ3n) is 4.20. The number of aliphatic carboxylic acids is 1. The van der Waals surface area contributed by atoms with Gasteiger partial charge in [-0.25, -0.2) is 0 Å². The van der Waals surface area contributed by atoms with Crippen molar-refractivity contribution in [2.45, 2.75) is 83.4 Å². The number of aliphatic hydroxyl groups is 1. The molecular weight excluding hydrogens is 353 g/mol. The summed E-state index contributed by atoms with van der Waals surface area (Å²) in [6, 6.07) is 0. The van der Waals surface area contributed by atoms with Gasteiger partial charge < -0.3 is 14.9 Å². The molecule has 0 aromatic rings. The number of hydrogen-bond donors (Lipinski definition) is 2. The molecular formula is C18H31F3O5. The van der Waals surface area contributed by atoms with Crippen LogP contribution in [-0.2, 0) is 14.3 Å². The maximum absolute atomic E-state index is 12.0. The van der Waals surface area contributed by atoms with Crippen LogP contribution < -0.4 is 0 Å². The van der Waals surface area contributed by atoms with Crippen molar-refractivity contribution in [2.75, 3.05) is 13.2 Å². The molecule has 26 heavy (non-hydrogen) atoms. The van der Waals surface area contributed by atoms with Gasteiger partial charge in [0.1, 0.15) is 5.78 Å². The zero-order valence-electron chi connectivity index (χ0n) is 15.4. The topological polar surface area (TPSA) is 83.8 Å². The van der Waals surface area contributed by atoms with Crippen LogP contribution in [0.5, 0.6) is 0 Å². The lowest BCUT2D eigenvalue weighted by Gasteiger charge is -2.16. The van der Waals surface area contributed by atoms with E-state index in [-0.39, 0.29) is 24.7 Å². The Morgan fingerprint density at radius 1 is 1.00 bits per heavy atom. The third kappa shape index (κ3) is 16.3. The third-order valence-corrected chi connectivity index (χ3v) is 4.20. The normalized spacial score (nSPS) is 14.2. The van der Waals surface area contributed by atoms with Crippen molar-refractivity contribution >= 4 is 11.8 Å². The van der Waals surface area contributed by atoms with Gasteiger partial charge in [0.25, 0.3) is 0 Å². The molecule has 2 N–H and O–H groups in total. The highest BCUT2D eigenvalue weighted by atomic mass is 19.4. The number of unbranched alkanes of at least 4 members (excludes halogenated alkanes) is 3. The maximum atomic E-state index is 12.0. The lowest BCUT2D eigenvalue weighted by atomic mass is 9.91. The van der Waals surface area contributed by atoms with Gasteiger partial charge in [0.05, 0.1) is 25.7 Å². The van der Waals surface area contributed by atoms with E-state index in [2.05, 4.69) is 0 Å². The van der Waals surface area contributed by atoms with E-state index in [1.165, 1.54) is 6.92 Å². The molecule has 2 unspecified atom stereocenters. The molecule has 0 heterocycles. The van der Waals surface area contributed by atoms with Gasteiger partial charge >= 0.3 is 12.1 Å². The number of rotatable bonds is 16. The summed E-state index contributed by atoms with van der Waals surface area (Å²) < 4.78 is 40.7. The Morgan fingerprint density at radius 2 is 1.62 bits per heavy atom. The first kappa shape index (κ1) is 24.8. The molecule has 5 nitrogen and oxygen atoms in total. The van der Waals surface area contributed by atoms with Crippen LogP contribution in [0.3, 0.4) is 0 Å². The molecule has 2 atom stereocenters. The molecule has 0 spiro atoms. The summed E-state index contributed by atoms with van der Waals surface area (Å²) in [5.41, 5.74) is 0. The van der Waals surface area contributed by atoms with E-state index in [0.717, 1.165) is 25.7 Å². The highest BCUT2D eigenvalue weighted by molar-refractivity contribution is 5.78. The van der Waals surface area contributed by atoms with Gasteiger partial charge in [-0.15, -0.1) is 0 Å². The van der Waals surface area contributed by atoms with Gasteiger partial charge in [-0.1, -0.05) is 25.7 Å². The number of carboxylic acid groups (broad SMARTS) is 1. The highest BCUT2D eigenvalue weighted by Gasteiger charge is 2.26. The molecule has 0 aliphatic heterocycles. The Bertz CT molecular complexity index is 399. The van der Waals surface area contributed by atoms with Crippen molar-refractivity contribution in [3.05, 3.63) is 0 Å². The van der Waals surface area contributed by atoms with Crippen molar-refractivity contribution < 1.29 is 37.7 Å². The minimum absolute atomic E-state index is 0.0893. The fourth-order valence-corrected chi connectivity index (χ4v) is 2.66. The minimum Gasteiger partial charge on any atom is -0.481 e. The zero-order chi connectivity index (χ0) is 20.0. The summed E-state index contributed by atoms with van der Waals surface area (Å²) >= 11 is 0. The maximum Gasteiger partial charge on any atom is 0.391 e. The molecule has 0 bridgehead atoms. The monoisotopic (exact) mass is 384 g/mol. The molecule has 0 aliphatic carbocycles. The largest absolute Gasteiger partial charge is 0.481 e. The van der Waals surface area contributed by atoms with Crippen LogP contribution in [0.15, 0.2) is 0 Å². The molecule has 154 valence electrons. The van der Waals surface area contributed by atoms with E-state index >= 15 is 0 Å². The lowest BCUT2D eigenvalue weighted by molar-refractivity contribution is -0.147. The Labute approximate surface area is 152 Å². The van der Waals surface area contributed by atoms with E-state index in [1.807, 2.05) is 0 Å². The van der Waals surface area contributed by atoms with Crippen molar-refractivity contribution in [3.63, 3.8) is 0 Å². The van der Waals surface area contributed by atoms with Crippen LogP contribution in [0.1, 0.15) is 71.1 Å². The van der Waals surface area contributed by atoms with E-state index in [4.69, 9.17) is 9.84 Å². The zero-order valence-corrected chi connectivity index (χ0v) is 15.4. The number of halogens is 3. The summed E-state index contributed by atoms with van der Waals surface area (Å²) in [4.78, 5) is 22.1. The van der Waals surface area contributed by atoms with Crippen LogP contribution in [-0.4, -0.2) is 47.5 Å². The van der Waals surface area contributed by atoms with Crippen molar-refractivity contribution in [3.8, 4) is 0 Å². The van der Waals surface area contributed by atoms with Crippen LogP contribution >= 0.6 is 0 Å². The van der Waals surface area contributed by atoms with Gasteiger partial charge in [0, 0.05) is 12.3 Å². The Hall–Kier alpha value is -1.15. The van der Waals surface area contributed by atoms with Crippen molar-refractivity contribution in [1.82, 2.24) is 0 Å². The van der Waals surface area contributed by atoms with Crippen LogP contribution in [0.25, 0.3) is 0 Å². The molecule has 0 aliphatic rings. The molecule has 0 aromatic heterocycles. The molecule has 0 aromatic carbocycles. The Morgan fingerprint density at radius 3 is 2.19 bits per heavy atom. The highest BCUT2D eigenvalue weighted by Crippen LogP contribution is 2.20. The van der Waals surface area contributed by atoms with E-state index < -0.39 is 31.3 Å². The number of Topliss-reactive ketones (excluding diaryl/α,β-unsaturated/α-hetero) is 1. The second kappa shape index (κ2) is 14.0. The van der Waals surface area contributed by atoms with E-state index in [1.54, 1.807) is 0 Å². The minimum atomic E-state index is -4.26. The Kier molecular flexibility index (Phi) is 13.4. The van der Waals surface area contributed by atoms with E-state index in [9.17, 15) is 27.9 Å². The first-order valence-electron chi connectivity index (χ1n) is 9.16. The van der Waals surface area contributed by atoms with Crippen molar-refractivity contribution in [1.29, 1.82) is 0 Å². The summed E-state index contributed by atoms with van der Waals surface area (Å²) in [6.45, 7) is 0.939. The predicted octanol–water partition coefficient (Wildman–Crippen LogP) is 4.12. The van der Waals surface area contributed by atoms with Gasteiger partial charge in [0.15, 0.2) is 0 Å². The van der Waals surface area contributed by atoms with Gasteiger partial charge in [-0.3, -0.25) is 9.59 Å². The fraction of sp³-hybridized carbons (Fsp3) is 0.889. The predicted molar refractivity (Wildman–Crippen MR) is 90.9 cm³/mol. The molecule has 0 rings (SSSR count). The quantitative estimate of drug-likeness (QED) is 0.391. The molecule has 8 heteroatoms. The lowest BCUT2D eigenvalue weighted by Crippen LogP contribution is -2.19. The fourth-order valence-electron chi connectivity index (χ4n) is 2.66. The van der Waals surface area contributed by atoms with Gasteiger partial charge in [-0.2, -0.15) is 13.2 Å². The Balaban J connectivity index is 3.78. The number of carboxylic acids is 1. The summed E-state index contributed by atoms with van der Waals surface area (Å²) in [5, 5.41) is 18.3. The van der Waals surface area contributed by atoms with Crippen LogP contribution in [0, 0.1) is 5.92 Å².